The van der Waals surface area contributed by atoms with Crippen molar-refractivity contribution < 1.29 is 32.3 Å². The van der Waals surface area contributed by atoms with E-state index < -0.39 is 30.1 Å². The molecule has 0 aromatic heterocycles. The third kappa shape index (κ3) is 4.68. The first-order chi connectivity index (χ1) is 15.2. The molecule has 32 heavy (non-hydrogen) atoms. The van der Waals surface area contributed by atoms with Crippen LogP contribution < -0.4 is 10.1 Å². The van der Waals surface area contributed by atoms with Gasteiger partial charge in [-0.05, 0) is 29.8 Å². The van der Waals surface area contributed by atoms with E-state index in [1.54, 1.807) is 0 Å². The molecule has 2 heterocycles. The van der Waals surface area contributed by atoms with Crippen LogP contribution >= 0.6 is 0 Å². The minimum atomic E-state index is -4.82. The third-order valence-corrected chi connectivity index (χ3v) is 5.49. The summed E-state index contributed by atoms with van der Waals surface area (Å²) in [5.41, 5.74) is 1.09. The number of fused-ring (bicyclic) bond motifs is 1. The number of carbonyl (C=O) groups is 3. The Morgan fingerprint density at radius 2 is 1.72 bits per heavy atom. The minimum absolute atomic E-state index is 0.00919. The number of ether oxygens (including phenoxy) is 1. The van der Waals surface area contributed by atoms with Crippen LogP contribution in [0.25, 0.3) is 0 Å². The molecule has 0 aliphatic carbocycles. The van der Waals surface area contributed by atoms with Crippen molar-refractivity contribution in [2.45, 2.75) is 24.9 Å². The number of halogens is 3. The molecule has 7 nitrogen and oxygen atoms in total. The molecule has 1 N–H and O–H groups in total. The number of carbonyl (C=O) groups excluding carboxylic acids is 3. The summed E-state index contributed by atoms with van der Waals surface area (Å²) in [7, 11) is 0. The van der Waals surface area contributed by atoms with E-state index in [2.05, 4.69) is 10.1 Å². The zero-order chi connectivity index (χ0) is 22.9. The summed E-state index contributed by atoms with van der Waals surface area (Å²) in [5, 5.41) is 2.75. The molecule has 0 spiro atoms. The van der Waals surface area contributed by atoms with E-state index >= 15 is 0 Å². The van der Waals surface area contributed by atoms with Crippen LogP contribution in [0.3, 0.4) is 0 Å². The van der Waals surface area contributed by atoms with Gasteiger partial charge in [0.25, 0.3) is 5.91 Å². The number of nitrogens with zero attached hydrogens (tertiary/aromatic N) is 2. The normalized spacial score (nSPS) is 21.1. The van der Waals surface area contributed by atoms with Gasteiger partial charge < -0.3 is 19.9 Å². The number of rotatable bonds is 4. The number of amides is 3. The molecule has 2 aliphatic rings. The molecule has 10 heteroatoms. The van der Waals surface area contributed by atoms with Crippen LogP contribution in [0.15, 0.2) is 54.6 Å². The van der Waals surface area contributed by atoms with Gasteiger partial charge in [0.1, 0.15) is 17.8 Å². The van der Waals surface area contributed by atoms with E-state index in [0.717, 1.165) is 17.7 Å². The maximum atomic E-state index is 12.9. The number of alkyl halides is 3. The standard InChI is InChI=1S/C22H20F3N3O4/c23-22(24,25)32-16-8-6-15(7-9-16)20(30)27-10-11-28-18(13-27)19(29)26-17(21(28)31)12-14-4-2-1-3-5-14/h1-9,17-18H,10-13H2,(H,26,29)/t17-,18-/m1/s1. The van der Waals surface area contributed by atoms with E-state index in [0.29, 0.717) is 6.42 Å². The van der Waals surface area contributed by atoms with Crippen molar-refractivity contribution in [1.29, 1.82) is 0 Å². The fourth-order valence-corrected chi connectivity index (χ4v) is 3.96. The Hall–Kier alpha value is -3.56. The van der Waals surface area contributed by atoms with Crippen LogP contribution in [-0.4, -0.2) is 65.6 Å². The second kappa shape index (κ2) is 8.52. The average molecular weight is 447 g/mol. The first-order valence-electron chi connectivity index (χ1n) is 10.0. The van der Waals surface area contributed by atoms with Crippen molar-refractivity contribution in [2.24, 2.45) is 0 Å². The molecular formula is C22H20F3N3O4. The summed E-state index contributed by atoms with van der Waals surface area (Å²) in [6, 6.07) is 12.5. The van der Waals surface area contributed by atoms with E-state index in [4.69, 9.17) is 0 Å². The van der Waals surface area contributed by atoms with Gasteiger partial charge in [-0.15, -0.1) is 13.2 Å². The highest BCUT2D eigenvalue weighted by Gasteiger charge is 2.44. The van der Waals surface area contributed by atoms with Gasteiger partial charge in [-0.2, -0.15) is 0 Å². The first kappa shape index (κ1) is 21.7. The van der Waals surface area contributed by atoms with E-state index in [1.807, 2.05) is 30.3 Å². The molecule has 0 bridgehead atoms. The van der Waals surface area contributed by atoms with Crippen molar-refractivity contribution in [3.63, 3.8) is 0 Å². The van der Waals surface area contributed by atoms with Crippen LogP contribution in [0, 0.1) is 0 Å². The van der Waals surface area contributed by atoms with Crippen molar-refractivity contribution >= 4 is 17.7 Å². The second-order valence-electron chi connectivity index (χ2n) is 7.62. The topological polar surface area (TPSA) is 79.0 Å². The van der Waals surface area contributed by atoms with Crippen molar-refractivity contribution in [1.82, 2.24) is 15.1 Å². The Morgan fingerprint density at radius 1 is 1.03 bits per heavy atom. The molecule has 168 valence electrons. The Balaban J connectivity index is 1.41. The Kier molecular flexibility index (Phi) is 5.77. The lowest BCUT2D eigenvalue weighted by Gasteiger charge is -2.45. The summed E-state index contributed by atoms with van der Waals surface area (Å²) >= 11 is 0. The molecule has 3 amide bonds. The lowest BCUT2D eigenvalue weighted by molar-refractivity contribution is -0.274. The molecule has 0 unspecified atom stereocenters. The molecular weight excluding hydrogens is 427 g/mol. The predicted molar refractivity (Wildman–Crippen MR) is 107 cm³/mol. The van der Waals surface area contributed by atoms with Gasteiger partial charge in [-0.25, -0.2) is 0 Å². The van der Waals surface area contributed by atoms with Crippen molar-refractivity contribution in [2.75, 3.05) is 19.6 Å². The molecule has 2 fully saturated rings. The Morgan fingerprint density at radius 3 is 2.38 bits per heavy atom. The molecule has 2 saturated heterocycles. The van der Waals surface area contributed by atoms with Gasteiger partial charge in [0.2, 0.25) is 11.8 Å². The van der Waals surface area contributed by atoms with Gasteiger partial charge in [-0.3, -0.25) is 14.4 Å². The maximum Gasteiger partial charge on any atom is 0.573 e. The van der Waals surface area contributed by atoms with Crippen molar-refractivity contribution in [3.8, 4) is 5.75 Å². The van der Waals surface area contributed by atoms with Gasteiger partial charge >= 0.3 is 6.36 Å². The monoisotopic (exact) mass is 447 g/mol. The van der Waals surface area contributed by atoms with Crippen LogP contribution in [0.5, 0.6) is 5.75 Å². The maximum absolute atomic E-state index is 12.9. The van der Waals surface area contributed by atoms with E-state index in [9.17, 15) is 27.6 Å². The van der Waals surface area contributed by atoms with Crippen LogP contribution in [0.2, 0.25) is 0 Å². The lowest BCUT2D eigenvalue weighted by atomic mass is 9.98. The number of hydrogen-bond donors (Lipinski definition) is 1. The lowest BCUT2D eigenvalue weighted by Crippen LogP contribution is -2.70. The zero-order valence-corrected chi connectivity index (χ0v) is 16.8. The average Bonchev–Trinajstić information content (AvgIpc) is 2.76. The zero-order valence-electron chi connectivity index (χ0n) is 16.8. The molecule has 2 aliphatic heterocycles. The minimum Gasteiger partial charge on any atom is -0.406 e. The fourth-order valence-electron chi connectivity index (χ4n) is 3.96. The Labute approximate surface area is 181 Å². The number of nitrogens with one attached hydrogen (secondary N) is 1. The molecule has 2 aromatic rings. The quantitative estimate of drug-likeness (QED) is 0.778. The summed E-state index contributed by atoms with van der Waals surface area (Å²) in [6.07, 6.45) is -4.44. The molecule has 0 radical (unpaired) electrons. The largest absolute Gasteiger partial charge is 0.573 e. The second-order valence-corrected chi connectivity index (χ2v) is 7.62. The number of hydrogen-bond acceptors (Lipinski definition) is 4. The molecule has 2 aromatic carbocycles. The van der Waals surface area contributed by atoms with Crippen molar-refractivity contribution in [3.05, 3.63) is 65.7 Å². The summed E-state index contributed by atoms with van der Waals surface area (Å²) in [6.45, 7) is 0.422. The van der Waals surface area contributed by atoms with Crippen LogP contribution in [-0.2, 0) is 16.0 Å². The fraction of sp³-hybridized carbons (Fsp3) is 0.318. The highest BCUT2D eigenvalue weighted by molar-refractivity contribution is 5.99. The SMILES string of the molecule is O=C1N[C@H](Cc2ccccc2)C(=O)N2CCN(C(=O)c3ccc(OC(F)(F)F)cc3)C[C@H]12. The van der Waals surface area contributed by atoms with Gasteiger partial charge in [-0.1, -0.05) is 30.3 Å². The summed E-state index contributed by atoms with van der Waals surface area (Å²) in [5.74, 6) is -1.40. The summed E-state index contributed by atoms with van der Waals surface area (Å²) in [4.78, 5) is 41.3. The van der Waals surface area contributed by atoms with Gasteiger partial charge in [0, 0.05) is 25.1 Å². The highest BCUT2D eigenvalue weighted by atomic mass is 19.4. The number of piperazine rings is 2. The first-order valence-corrected chi connectivity index (χ1v) is 10.0. The Bertz CT molecular complexity index is 1010. The molecule has 2 atom stereocenters. The molecule has 0 saturated carbocycles. The third-order valence-electron chi connectivity index (χ3n) is 5.49. The number of benzene rings is 2. The van der Waals surface area contributed by atoms with Crippen LogP contribution in [0.1, 0.15) is 15.9 Å². The highest BCUT2D eigenvalue weighted by Crippen LogP contribution is 2.24. The van der Waals surface area contributed by atoms with Gasteiger partial charge in [0.05, 0.1) is 6.54 Å². The van der Waals surface area contributed by atoms with E-state index in [1.165, 1.54) is 21.9 Å². The smallest absolute Gasteiger partial charge is 0.406 e. The predicted octanol–water partition coefficient (Wildman–Crippen LogP) is 1.98. The van der Waals surface area contributed by atoms with E-state index in [-0.39, 0.29) is 37.0 Å². The van der Waals surface area contributed by atoms with Crippen LogP contribution in [0.4, 0.5) is 13.2 Å². The summed E-state index contributed by atoms with van der Waals surface area (Å²) < 4.78 is 40.7. The molecule has 4 rings (SSSR count). The van der Waals surface area contributed by atoms with Gasteiger partial charge in [0.15, 0.2) is 0 Å².